The largest absolute Gasteiger partial charge is 0.261 e. The number of aryl methyl sites for hydroxylation is 2. The second kappa shape index (κ2) is 3.71. The second-order valence-electron chi connectivity index (χ2n) is 2.27. The lowest BCUT2D eigenvalue weighted by atomic mass is 10.2. The summed E-state index contributed by atoms with van der Waals surface area (Å²) >= 11 is 3.36. The van der Waals surface area contributed by atoms with E-state index in [1.807, 2.05) is 13.1 Å². The van der Waals surface area contributed by atoms with Crippen LogP contribution in [0.2, 0.25) is 0 Å². The minimum atomic E-state index is 0.989. The lowest BCUT2D eigenvalue weighted by Crippen LogP contribution is -1.89. The van der Waals surface area contributed by atoms with Gasteiger partial charge in [-0.25, -0.2) is 0 Å². The zero-order valence-corrected chi connectivity index (χ0v) is 7.56. The summed E-state index contributed by atoms with van der Waals surface area (Å²) in [5.74, 6) is 0. The lowest BCUT2D eigenvalue weighted by molar-refractivity contribution is 1.04. The van der Waals surface area contributed by atoms with Gasteiger partial charge in [0.15, 0.2) is 0 Å². The SMILES string of the molecule is Cc1ccc(CCBr)nc1. The van der Waals surface area contributed by atoms with E-state index in [9.17, 15) is 0 Å². The molecule has 0 radical (unpaired) electrons. The highest BCUT2D eigenvalue weighted by Gasteiger charge is 1.90. The van der Waals surface area contributed by atoms with Crippen LogP contribution in [0.3, 0.4) is 0 Å². The van der Waals surface area contributed by atoms with Crippen LogP contribution < -0.4 is 0 Å². The van der Waals surface area contributed by atoms with Crippen molar-refractivity contribution < 1.29 is 0 Å². The molecule has 0 spiro atoms. The molecular weight excluding hydrogens is 190 g/mol. The van der Waals surface area contributed by atoms with Gasteiger partial charge < -0.3 is 0 Å². The summed E-state index contributed by atoms with van der Waals surface area (Å²) in [4.78, 5) is 4.24. The van der Waals surface area contributed by atoms with E-state index in [1.165, 1.54) is 5.56 Å². The Kier molecular flexibility index (Phi) is 2.87. The van der Waals surface area contributed by atoms with E-state index in [0.717, 1.165) is 17.4 Å². The molecule has 0 aromatic carbocycles. The smallest absolute Gasteiger partial charge is 0.0412 e. The average molecular weight is 200 g/mol. The maximum absolute atomic E-state index is 4.24. The highest BCUT2D eigenvalue weighted by Crippen LogP contribution is 2.00. The predicted molar refractivity (Wildman–Crippen MR) is 46.5 cm³/mol. The molecule has 1 nitrogen and oxygen atoms in total. The number of alkyl halides is 1. The van der Waals surface area contributed by atoms with E-state index in [-0.39, 0.29) is 0 Å². The van der Waals surface area contributed by atoms with Gasteiger partial charge in [-0.05, 0) is 25.0 Å². The van der Waals surface area contributed by atoms with Crippen molar-refractivity contribution in [1.29, 1.82) is 0 Å². The normalized spacial score (nSPS) is 9.80. The zero-order chi connectivity index (χ0) is 7.40. The van der Waals surface area contributed by atoms with Crippen molar-refractivity contribution in [3.63, 3.8) is 0 Å². The summed E-state index contributed by atoms with van der Waals surface area (Å²) in [5.41, 5.74) is 2.38. The standard InChI is InChI=1S/C8H10BrN/c1-7-2-3-8(4-5-9)10-6-7/h2-3,6H,4-5H2,1H3. The van der Waals surface area contributed by atoms with Crippen LogP contribution in [0.15, 0.2) is 18.3 Å². The highest BCUT2D eigenvalue weighted by molar-refractivity contribution is 9.09. The Labute approximate surface area is 69.6 Å². The van der Waals surface area contributed by atoms with Crippen LogP contribution >= 0.6 is 15.9 Å². The van der Waals surface area contributed by atoms with Gasteiger partial charge in [0.05, 0.1) is 0 Å². The van der Waals surface area contributed by atoms with Crippen LogP contribution in [0.4, 0.5) is 0 Å². The number of halogens is 1. The zero-order valence-electron chi connectivity index (χ0n) is 5.97. The van der Waals surface area contributed by atoms with E-state index >= 15 is 0 Å². The van der Waals surface area contributed by atoms with E-state index in [4.69, 9.17) is 0 Å². The van der Waals surface area contributed by atoms with Crippen LogP contribution in [0, 0.1) is 6.92 Å². The molecule has 1 rings (SSSR count). The number of nitrogens with zero attached hydrogens (tertiary/aromatic N) is 1. The van der Waals surface area contributed by atoms with Crippen LogP contribution in [-0.4, -0.2) is 10.3 Å². The molecule has 1 aromatic heterocycles. The Balaban J connectivity index is 2.69. The topological polar surface area (TPSA) is 12.9 Å². The fourth-order valence-electron chi connectivity index (χ4n) is 0.743. The Morgan fingerprint density at radius 2 is 2.30 bits per heavy atom. The molecule has 0 unspecified atom stereocenters. The average Bonchev–Trinajstić information content (AvgIpc) is 1.95. The van der Waals surface area contributed by atoms with Crippen molar-refractivity contribution in [2.45, 2.75) is 13.3 Å². The fourth-order valence-corrected chi connectivity index (χ4v) is 1.15. The van der Waals surface area contributed by atoms with Crippen molar-refractivity contribution >= 4 is 15.9 Å². The molecule has 2 heteroatoms. The molecule has 0 fully saturated rings. The minimum Gasteiger partial charge on any atom is -0.261 e. The Morgan fingerprint density at radius 3 is 2.80 bits per heavy atom. The summed E-state index contributed by atoms with van der Waals surface area (Å²) < 4.78 is 0. The van der Waals surface area contributed by atoms with Gasteiger partial charge in [-0.15, -0.1) is 0 Å². The van der Waals surface area contributed by atoms with Gasteiger partial charge in [0.2, 0.25) is 0 Å². The van der Waals surface area contributed by atoms with E-state index in [1.54, 1.807) is 0 Å². The third-order valence-corrected chi connectivity index (χ3v) is 1.72. The summed E-state index contributed by atoms with van der Waals surface area (Å²) in [7, 11) is 0. The molecule has 0 aliphatic rings. The lowest BCUT2D eigenvalue weighted by Gasteiger charge is -1.95. The van der Waals surface area contributed by atoms with Crippen molar-refractivity contribution in [3.05, 3.63) is 29.6 Å². The molecular formula is C8H10BrN. The molecule has 1 aromatic rings. The number of hydrogen-bond donors (Lipinski definition) is 0. The van der Waals surface area contributed by atoms with Gasteiger partial charge in [0, 0.05) is 17.2 Å². The Hall–Kier alpha value is -0.370. The van der Waals surface area contributed by atoms with Crippen LogP contribution in [0.5, 0.6) is 0 Å². The van der Waals surface area contributed by atoms with Crippen molar-refractivity contribution in [3.8, 4) is 0 Å². The Bertz CT molecular complexity index is 193. The van der Waals surface area contributed by atoms with Gasteiger partial charge >= 0.3 is 0 Å². The molecule has 0 bridgehead atoms. The molecule has 1 heterocycles. The van der Waals surface area contributed by atoms with Crippen molar-refractivity contribution in [2.24, 2.45) is 0 Å². The number of aromatic nitrogens is 1. The van der Waals surface area contributed by atoms with E-state index < -0.39 is 0 Å². The van der Waals surface area contributed by atoms with E-state index in [2.05, 4.69) is 33.0 Å². The van der Waals surface area contributed by atoms with E-state index in [0.29, 0.717) is 0 Å². The molecule has 0 N–H and O–H groups in total. The van der Waals surface area contributed by atoms with Crippen molar-refractivity contribution in [2.75, 3.05) is 5.33 Å². The first kappa shape index (κ1) is 7.73. The minimum absolute atomic E-state index is 0.989. The molecule has 10 heavy (non-hydrogen) atoms. The quantitative estimate of drug-likeness (QED) is 0.667. The summed E-state index contributed by atoms with van der Waals surface area (Å²) in [6, 6.07) is 4.15. The maximum atomic E-state index is 4.24. The first-order chi connectivity index (χ1) is 4.83. The highest BCUT2D eigenvalue weighted by atomic mass is 79.9. The fraction of sp³-hybridized carbons (Fsp3) is 0.375. The second-order valence-corrected chi connectivity index (χ2v) is 3.06. The van der Waals surface area contributed by atoms with Crippen LogP contribution in [0.25, 0.3) is 0 Å². The van der Waals surface area contributed by atoms with Gasteiger partial charge in [0.25, 0.3) is 0 Å². The summed E-state index contributed by atoms with van der Waals surface area (Å²) in [5, 5.41) is 0.989. The third-order valence-electron chi connectivity index (χ3n) is 1.32. The number of hydrogen-bond acceptors (Lipinski definition) is 1. The predicted octanol–water partition coefficient (Wildman–Crippen LogP) is 2.33. The first-order valence-electron chi connectivity index (χ1n) is 3.30. The number of rotatable bonds is 2. The monoisotopic (exact) mass is 199 g/mol. The molecule has 0 saturated heterocycles. The molecule has 0 atom stereocenters. The van der Waals surface area contributed by atoms with Crippen LogP contribution in [-0.2, 0) is 6.42 Å². The third kappa shape index (κ3) is 2.10. The number of pyridine rings is 1. The molecule has 0 saturated carbocycles. The molecule has 54 valence electrons. The Morgan fingerprint density at radius 1 is 1.50 bits per heavy atom. The van der Waals surface area contributed by atoms with Crippen molar-refractivity contribution in [1.82, 2.24) is 4.98 Å². The van der Waals surface area contributed by atoms with Gasteiger partial charge in [-0.1, -0.05) is 22.0 Å². The molecule has 0 aliphatic carbocycles. The summed E-state index contributed by atoms with van der Waals surface area (Å²) in [6.45, 7) is 2.05. The first-order valence-corrected chi connectivity index (χ1v) is 4.42. The maximum Gasteiger partial charge on any atom is 0.0412 e. The summed E-state index contributed by atoms with van der Waals surface area (Å²) in [6.07, 6.45) is 2.91. The molecule has 0 amide bonds. The van der Waals surface area contributed by atoms with Gasteiger partial charge in [-0.2, -0.15) is 0 Å². The van der Waals surface area contributed by atoms with Gasteiger partial charge in [-0.3, -0.25) is 4.98 Å². The molecule has 0 aliphatic heterocycles. The van der Waals surface area contributed by atoms with Gasteiger partial charge in [0.1, 0.15) is 0 Å². The van der Waals surface area contributed by atoms with Crippen LogP contribution in [0.1, 0.15) is 11.3 Å².